The molecule has 0 spiro atoms. The Bertz CT molecular complexity index is 990. The van der Waals surface area contributed by atoms with Gasteiger partial charge in [0.1, 0.15) is 30.5 Å². The van der Waals surface area contributed by atoms with Gasteiger partial charge in [-0.25, -0.2) is 0 Å². The first-order chi connectivity index (χ1) is 27.3. The summed E-state index contributed by atoms with van der Waals surface area (Å²) in [6, 6.07) is -0.997. The summed E-state index contributed by atoms with van der Waals surface area (Å²) >= 11 is 0. The maximum absolute atomic E-state index is 13.0. The van der Waals surface area contributed by atoms with E-state index < -0.39 is 61.5 Å². The van der Waals surface area contributed by atoms with Crippen molar-refractivity contribution in [3.8, 4) is 0 Å². The summed E-state index contributed by atoms with van der Waals surface area (Å²) in [5.74, 6) is -0.633. The van der Waals surface area contributed by atoms with Crippen molar-refractivity contribution in [1.82, 2.24) is 5.32 Å². The molecule has 0 aromatic carbocycles. The van der Waals surface area contributed by atoms with Gasteiger partial charge in [0.2, 0.25) is 5.91 Å². The van der Waals surface area contributed by atoms with E-state index in [9.17, 15) is 35.4 Å². The van der Waals surface area contributed by atoms with Crippen LogP contribution in [0.2, 0.25) is 0 Å². The molecule has 1 heterocycles. The number of aliphatic hydroxyl groups is 6. The first-order valence-electron chi connectivity index (χ1n) is 22.8. The molecule has 328 valence electrons. The zero-order valence-corrected chi connectivity index (χ0v) is 35.5. The van der Waals surface area contributed by atoms with Crippen LogP contribution in [0.15, 0.2) is 36.5 Å². The highest BCUT2D eigenvalue weighted by atomic mass is 16.7. The number of aliphatic hydroxyl groups excluding tert-OH is 6. The molecule has 0 aromatic rings. The van der Waals surface area contributed by atoms with Crippen molar-refractivity contribution >= 4 is 5.91 Å². The highest BCUT2D eigenvalue weighted by Gasteiger charge is 2.44. The van der Waals surface area contributed by atoms with E-state index in [1.807, 2.05) is 6.08 Å². The van der Waals surface area contributed by atoms with E-state index in [1.165, 1.54) is 116 Å². The highest BCUT2D eigenvalue weighted by Crippen LogP contribution is 2.22. The normalized spacial score (nSPS) is 22.0. The lowest BCUT2D eigenvalue weighted by Gasteiger charge is -2.40. The molecule has 1 saturated heterocycles. The minimum atomic E-state index is -1.62. The fourth-order valence-corrected chi connectivity index (χ4v) is 7.00. The van der Waals surface area contributed by atoms with Gasteiger partial charge in [-0.1, -0.05) is 166 Å². The average Bonchev–Trinajstić information content (AvgIpc) is 3.20. The number of nitrogens with one attached hydrogen (secondary N) is 1. The summed E-state index contributed by atoms with van der Waals surface area (Å²) < 4.78 is 11.1. The lowest BCUT2D eigenvalue weighted by molar-refractivity contribution is -0.302. The van der Waals surface area contributed by atoms with Crippen LogP contribution in [0.1, 0.15) is 187 Å². The molecule has 0 aromatic heterocycles. The third-order valence-electron chi connectivity index (χ3n) is 10.8. The van der Waals surface area contributed by atoms with Crippen LogP contribution in [0, 0.1) is 0 Å². The number of amides is 1. The largest absolute Gasteiger partial charge is 0.394 e. The zero-order valence-electron chi connectivity index (χ0n) is 35.5. The second kappa shape index (κ2) is 36.4. The number of hydrogen-bond acceptors (Lipinski definition) is 9. The Morgan fingerprint density at radius 2 is 1.05 bits per heavy atom. The number of rotatable bonds is 37. The monoisotopic (exact) mass is 796 g/mol. The van der Waals surface area contributed by atoms with Crippen LogP contribution < -0.4 is 5.32 Å². The molecule has 0 aliphatic carbocycles. The molecule has 8 atom stereocenters. The summed E-state index contributed by atoms with van der Waals surface area (Å²) in [7, 11) is 0. The second-order valence-electron chi connectivity index (χ2n) is 16.0. The van der Waals surface area contributed by atoms with Crippen LogP contribution in [0.5, 0.6) is 0 Å². The van der Waals surface area contributed by atoms with Gasteiger partial charge in [0.05, 0.1) is 25.4 Å². The Hall–Kier alpha value is -1.63. The van der Waals surface area contributed by atoms with Crippen molar-refractivity contribution in [1.29, 1.82) is 0 Å². The van der Waals surface area contributed by atoms with Crippen molar-refractivity contribution < 1.29 is 44.9 Å². The SMILES string of the molecule is CCCCCC/C=C\CCCCCCCCC(O)C(=O)NC(COC1OC(CO)C(O)C(O)C1O)C(O)/C=C/CC/C=C/CCCCCCCCCCCCC. The molecule has 1 fully saturated rings. The average molecular weight is 796 g/mol. The van der Waals surface area contributed by atoms with E-state index >= 15 is 0 Å². The summed E-state index contributed by atoms with van der Waals surface area (Å²) in [4.78, 5) is 13.0. The zero-order chi connectivity index (χ0) is 41.1. The Morgan fingerprint density at radius 3 is 1.57 bits per heavy atom. The van der Waals surface area contributed by atoms with Crippen molar-refractivity contribution in [3.63, 3.8) is 0 Å². The molecule has 7 N–H and O–H groups in total. The predicted molar refractivity (Wildman–Crippen MR) is 227 cm³/mol. The van der Waals surface area contributed by atoms with Crippen molar-refractivity contribution in [3.05, 3.63) is 36.5 Å². The topological polar surface area (TPSA) is 169 Å². The van der Waals surface area contributed by atoms with Crippen LogP contribution in [0.3, 0.4) is 0 Å². The quantitative estimate of drug-likeness (QED) is 0.0242. The summed E-state index contributed by atoms with van der Waals surface area (Å²) in [5.41, 5.74) is 0. The van der Waals surface area contributed by atoms with E-state index in [0.717, 1.165) is 38.5 Å². The van der Waals surface area contributed by atoms with Gasteiger partial charge in [0.25, 0.3) is 0 Å². The molecule has 1 aliphatic rings. The van der Waals surface area contributed by atoms with Gasteiger partial charge >= 0.3 is 0 Å². The van der Waals surface area contributed by atoms with E-state index in [-0.39, 0.29) is 6.61 Å². The van der Waals surface area contributed by atoms with Crippen molar-refractivity contribution in [2.45, 2.75) is 236 Å². The number of ether oxygens (including phenoxy) is 2. The molecular weight excluding hydrogens is 711 g/mol. The van der Waals surface area contributed by atoms with Gasteiger partial charge in [-0.3, -0.25) is 4.79 Å². The van der Waals surface area contributed by atoms with Crippen LogP contribution in [-0.4, -0.2) is 98.7 Å². The number of allylic oxidation sites excluding steroid dienone is 5. The Labute approximate surface area is 341 Å². The van der Waals surface area contributed by atoms with Gasteiger partial charge < -0.3 is 45.4 Å². The summed E-state index contributed by atoms with van der Waals surface area (Å²) in [6.45, 7) is 3.56. The molecule has 8 unspecified atom stereocenters. The van der Waals surface area contributed by atoms with E-state index in [0.29, 0.717) is 19.3 Å². The number of carbonyl (C=O) groups is 1. The van der Waals surface area contributed by atoms with Gasteiger partial charge in [-0.2, -0.15) is 0 Å². The van der Waals surface area contributed by atoms with Crippen molar-refractivity contribution in [2.75, 3.05) is 13.2 Å². The summed E-state index contributed by atoms with van der Waals surface area (Å²) in [5, 5.41) is 64.6. The predicted octanol–water partition coefficient (Wildman–Crippen LogP) is 8.25. The van der Waals surface area contributed by atoms with E-state index in [1.54, 1.807) is 6.08 Å². The third-order valence-corrected chi connectivity index (χ3v) is 10.8. The van der Waals surface area contributed by atoms with Gasteiger partial charge in [0, 0.05) is 0 Å². The molecule has 0 bridgehead atoms. The van der Waals surface area contributed by atoms with Crippen LogP contribution in [0.25, 0.3) is 0 Å². The van der Waals surface area contributed by atoms with Crippen LogP contribution in [0.4, 0.5) is 0 Å². The van der Waals surface area contributed by atoms with Crippen molar-refractivity contribution in [2.24, 2.45) is 0 Å². The Morgan fingerprint density at radius 1 is 0.607 bits per heavy atom. The Balaban J connectivity index is 2.47. The minimum Gasteiger partial charge on any atom is -0.394 e. The molecule has 0 radical (unpaired) electrons. The number of carbonyl (C=O) groups excluding carboxylic acids is 1. The highest BCUT2D eigenvalue weighted by molar-refractivity contribution is 5.80. The third kappa shape index (κ3) is 26.4. The number of unbranched alkanes of at least 4 members (excludes halogenated alkanes) is 22. The summed E-state index contributed by atoms with van der Waals surface area (Å²) in [6.07, 6.45) is 33.7. The first kappa shape index (κ1) is 52.4. The minimum absolute atomic E-state index is 0.296. The maximum Gasteiger partial charge on any atom is 0.249 e. The molecule has 10 nitrogen and oxygen atoms in total. The smallest absolute Gasteiger partial charge is 0.249 e. The van der Waals surface area contributed by atoms with Crippen LogP contribution >= 0.6 is 0 Å². The lowest BCUT2D eigenvalue weighted by Crippen LogP contribution is -2.60. The molecule has 1 rings (SSSR count). The molecule has 1 amide bonds. The lowest BCUT2D eigenvalue weighted by atomic mass is 9.99. The molecule has 1 aliphatic heterocycles. The fourth-order valence-electron chi connectivity index (χ4n) is 7.00. The standard InChI is InChI=1S/C46H85NO9/c1-3-5-7-9-11-13-15-17-19-20-21-23-24-26-28-30-32-34-39(49)38(37-55-46-44(53)43(52)42(51)41(36-48)56-46)47-45(54)40(50)35-33-31-29-27-25-22-18-16-14-12-10-8-6-4-2/h14,16,24,26,32,34,38-44,46,48-53H,3-13,15,17-23,25,27-31,33,35-37H2,1-2H3,(H,47,54)/b16-14-,26-24+,34-32+. The van der Waals surface area contributed by atoms with Gasteiger partial charge in [-0.05, 0) is 57.8 Å². The van der Waals surface area contributed by atoms with Crippen LogP contribution in [-0.2, 0) is 14.3 Å². The Kier molecular flexibility index (Phi) is 34.1. The first-order valence-corrected chi connectivity index (χ1v) is 22.8. The molecule has 10 heteroatoms. The number of hydrogen-bond donors (Lipinski definition) is 7. The fraction of sp³-hybridized carbons (Fsp3) is 0.848. The van der Waals surface area contributed by atoms with E-state index in [2.05, 4.69) is 43.5 Å². The van der Waals surface area contributed by atoms with Gasteiger partial charge in [0.15, 0.2) is 6.29 Å². The molecule has 0 saturated carbocycles. The maximum atomic E-state index is 13.0. The second-order valence-corrected chi connectivity index (χ2v) is 16.0. The molecule has 56 heavy (non-hydrogen) atoms. The van der Waals surface area contributed by atoms with E-state index in [4.69, 9.17) is 9.47 Å². The van der Waals surface area contributed by atoms with Gasteiger partial charge in [-0.15, -0.1) is 0 Å². The molecular formula is C46H85NO9.